The number of aromatic nitrogens is 2. The predicted octanol–water partition coefficient (Wildman–Crippen LogP) is 3.83. The number of hydrogen-bond acceptors (Lipinski definition) is 4. The van der Waals surface area contributed by atoms with Gasteiger partial charge in [0.15, 0.2) is 0 Å². The number of carbonyl (C=O) groups excluding carboxylic acids is 2. The Kier molecular flexibility index (Phi) is 4.12. The van der Waals surface area contributed by atoms with Crippen molar-refractivity contribution < 1.29 is 9.59 Å². The van der Waals surface area contributed by atoms with Crippen molar-refractivity contribution in [2.24, 2.45) is 0 Å². The van der Waals surface area contributed by atoms with E-state index >= 15 is 0 Å². The van der Waals surface area contributed by atoms with Gasteiger partial charge in [0.2, 0.25) is 0 Å². The van der Waals surface area contributed by atoms with E-state index < -0.39 is 5.91 Å². The van der Waals surface area contributed by atoms with Crippen molar-refractivity contribution in [1.82, 2.24) is 20.8 Å². The van der Waals surface area contributed by atoms with Crippen LogP contribution < -0.4 is 10.9 Å². The van der Waals surface area contributed by atoms with Crippen molar-refractivity contribution in [2.75, 3.05) is 0 Å². The number of hydrazine groups is 1. The first-order valence-corrected chi connectivity index (χ1v) is 10.1. The summed E-state index contributed by atoms with van der Waals surface area (Å²) in [7, 11) is 0. The van der Waals surface area contributed by atoms with Gasteiger partial charge in [0.05, 0.1) is 22.4 Å². The number of amides is 2. The van der Waals surface area contributed by atoms with Crippen LogP contribution in [0, 0.1) is 0 Å². The van der Waals surface area contributed by atoms with Gasteiger partial charge in [0.1, 0.15) is 0 Å². The van der Waals surface area contributed by atoms with E-state index in [1.165, 1.54) is 12.8 Å². The summed E-state index contributed by atoms with van der Waals surface area (Å²) in [5, 5.41) is 0. The number of carbonyl (C=O) groups is 2. The van der Waals surface area contributed by atoms with Crippen LogP contribution in [0.3, 0.4) is 0 Å². The Morgan fingerprint density at radius 3 is 2.07 bits per heavy atom. The van der Waals surface area contributed by atoms with Crippen LogP contribution in [0.2, 0.25) is 0 Å². The highest BCUT2D eigenvalue weighted by Gasteiger charge is 2.39. The van der Waals surface area contributed by atoms with Crippen molar-refractivity contribution in [3.8, 4) is 0 Å². The highest BCUT2D eigenvalue weighted by Crippen LogP contribution is 2.51. The largest absolute Gasteiger partial charge is 0.269 e. The number of benzene rings is 2. The van der Waals surface area contributed by atoms with Gasteiger partial charge in [-0.3, -0.25) is 20.4 Å². The molecule has 2 bridgehead atoms. The van der Waals surface area contributed by atoms with Crippen molar-refractivity contribution in [3.63, 3.8) is 0 Å². The Hall–Kier alpha value is -2.80. The quantitative estimate of drug-likeness (QED) is 0.597. The van der Waals surface area contributed by atoms with Crippen LogP contribution in [-0.2, 0) is 0 Å². The Bertz CT molecular complexity index is 1110. The number of halogens is 1. The molecule has 2 N–H and O–H groups in total. The first-order valence-electron chi connectivity index (χ1n) is 9.26. The molecule has 0 radical (unpaired) electrons. The fraction of sp³-hybridized carbons (Fsp3) is 0.238. The summed E-state index contributed by atoms with van der Waals surface area (Å²) < 4.78 is 0.880. The predicted molar refractivity (Wildman–Crippen MR) is 108 cm³/mol. The molecule has 2 unspecified atom stereocenters. The summed E-state index contributed by atoms with van der Waals surface area (Å²) in [5.74, 6) is 0.291. The molecule has 7 heteroatoms. The molecule has 2 atom stereocenters. The maximum Gasteiger partial charge on any atom is 0.269 e. The molecule has 0 saturated heterocycles. The molecule has 2 aromatic carbocycles. The zero-order chi connectivity index (χ0) is 19.3. The van der Waals surface area contributed by atoms with Gasteiger partial charge in [0, 0.05) is 27.4 Å². The lowest BCUT2D eigenvalue weighted by Crippen LogP contribution is -2.41. The maximum absolute atomic E-state index is 12.5. The summed E-state index contributed by atoms with van der Waals surface area (Å²) >= 11 is 3.32. The van der Waals surface area contributed by atoms with Gasteiger partial charge in [-0.05, 0) is 61.7 Å². The molecule has 3 aromatic rings. The third kappa shape index (κ3) is 2.96. The second kappa shape index (κ2) is 6.67. The summed E-state index contributed by atoms with van der Waals surface area (Å²) in [5.41, 5.74) is 9.56. The topological polar surface area (TPSA) is 84.0 Å². The lowest BCUT2D eigenvalue weighted by Gasteiger charge is -2.14. The summed E-state index contributed by atoms with van der Waals surface area (Å²) in [6.45, 7) is 0. The first kappa shape index (κ1) is 17.3. The molecule has 5 rings (SSSR count). The van der Waals surface area contributed by atoms with Gasteiger partial charge in [-0.1, -0.05) is 15.9 Å². The average molecular weight is 437 g/mol. The van der Waals surface area contributed by atoms with Gasteiger partial charge >= 0.3 is 0 Å². The molecular weight excluding hydrogens is 420 g/mol. The van der Waals surface area contributed by atoms with E-state index in [1.54, 1.807) is 36.4 Å². The molecule has 0 aliphatic heterocycles. The third-order valence-electron chi connectivity index (χ3n) is 5.58. The maximum atomic E-state index is 12.5. The Labute approximate surface area is 169 Å². The molecule has 28 heavy (non-hydrogen) atoms. The van der Waals surface area contributed by atoms with Crippen molar-refractivity contribution in [3.05, 3.63) is 69.5 Å². The van der Waals surface area contributed by atoms with Crippen LogP contribution in [0.15, 0.2) is 46.9 Å². The minimum absolute atomic E-state index is 0.379. The van der Waals surface area contributed by atoms with E-state index in [0.717, 1.165) is 33.3 Å². The van der Waals surface area contributed by atoms with Crippen molar-refractivity contribution in [2.45, 2.75) is 31.1 Å². The van der Waals surface area contributed by atoms with Gasteiger partial charge in [-0.25, -0.2) is 9.97 Å². The first-order chi connectivity index (χ1) is 13.6. The van der Waals surface area contributed by atoms with Crippen LogP contribution in [0.4, 0.5) is 0 Å². The van der Waals surface area contributed by atoms with Crippen LogP contribution in [0.5, 0.6) is 0 Å². The monoisotopic (exact) mass is 436 g/mol. The number of nitrogens with zero attached hydrogens (tertiary/aromatic N) is 2. The highest BCUT2D eigenvalue weighted by atomic mass is 79.9. The second-order valence-corrected chi connectivity index (χ2v) is 8.24. The van der Waals surface area contributed by atoms with Crippen molar-refractivity contribution in [1.29, 1.82) is 0 Å². The molecule has 1 heterocycles. The third-order valence-corrected chi connectivity index (χ3v) is 6.11. The standard InChI is InChI=1S/C21H17BrN4O2/c22-15-6-3-11(4-7-15)20(27)25-26-21(28)14-5-8-16-17(10-14)24-19-13-2-1-12(9-13)18(19)23-16/h3-8,10,12-13H,1-2,9H2,(H,25,27)(H,26,28). The lowest BCUT2D eigenvalue weighted by molar-refractivity contribution is 0.0847. The smallest absolute Gasteiger partial charge is 0.267 e. The Morgan fingerprint density at radius 1 is 0.821 bits per heavy atom. The van der Waals surface area contributed by atoms with E-state index in [2.05, 4.69) is 26.8 Å². The molecule has 140 valence electrons. The Morgan fingerprint density at radius 2 is 1.39 bits per heavy atom. The normalized spacial score (nSPS) is 19.5. The van der Waals surface area contributed by atoms with Crippen molar-refractivity contribution >= 4 is 38.8 Å². The highest BCUT2D eigenvalue weighted by molar-refractivity contribution is 9.10. The fourth-order valence-electron chi connectivity index (χ4n) is 4.16. The number of hydrogen-bond donors (Lipinski definition) is 2. The number of nitrogens with one attached hydrogen (secondary N) is 2. The molecule has 2 aliphatic rings. The van der Waals surface area contributed by atoms with Gasteiger partial charge < -0.3 is 0 Å². The summed E-state index contributed by atoms with van der Waals surface area (Å²) in [6.07, 6.45) is 3.54. The lowest BCUT2D eigenvalue weighted by atomic mass is 10.00. The summed E-state index contributed by atoms with van der Waals surface area (Å²) in [6, 6.07) is 12.1. The minimum Gasteiger partial charge on any atom is -0.267 e. The number of fused-ring (bicyclic) bond motifs is 6. The van der Waals surface area contributed by atoms with E-state index in [0.29, 0.717) is 23.0 Å². The molecule has 2 aliphatic carbocycles. The molecule has 1 fully saturated rings. The molecule has 6 nitrogen and oxygen atoms in total. The molecule has 1 aromatic heterocycles. The van der Waals surface area contributed by atoms with E-state index in [4.69, 9.17) is 9.97 Å². The van der Waals surface area contributed by atoms with Gasteiger partial charge in [0.25, 0.3) is 11.8 Å². The van der Waals surface area contributed by atoms with E-state index in [9.17, 15) is 9.59 Å². The molecule has 2 amide bonds. The zero-order valence-electron chi connectivity index (χ0n) is 14.9. The van der Waals surface area contributed by atoms with Crippen LogP contribution in [0.25, 0.3) is 11.0 Å². The second-order valence-electron chi connectivity index (χ2n) is 7.32. The average Bonchev–Trinajstić information content (AvgIpc) is 3.32. The SMILES string of the molecule is O=C(NNC(=O)c1ccc2nc3c(nc2c1)C1CCC3C1)c1ccc(Br)cc1. The summed E-state index contributed by atoms with van der Waals surface area (Å²) in [4.78, 5) is 34.2. The van der Waals surface area contributed by atoms with Crippen LogP contribution >= 0.6 is 15.9 Å². The van der Waals surface area contributed by atoms with Crippen LogP contribution in [-0.4, -0.2) is 21.8 Å². The fourth-order valence-corrected chi connectivity index (χ4v) is 4.43. The van der Waals surface area contributed by atoms with E-state index in [-0.39, 0.29) is 5.91 Å². The Balaban J connectivity index is 1.33. The molecule has 1 saturated carbocycles. The zero-order valence-corrected chi connectivity index (χ0v) is 16.5. The van der Waals surface area contributed by atoms with Crippen LogP contribution in [0.1, 0.15) is 63.2 Å². The van der Waals surface area contributed by atoms with Gasteiger partial charge in [-0.2, -0.15) is 0 Å². The molecular formula is C21H17BrN4O2. The van der Waals surface area contributed by atoms with Gasteiger partial charge in [-0.15, -0.1) is 0 Å². The number of rotatable bonds is 2. The molecule has 0 spiro atoms. The van der Waals surface area contributed by atoms with E-state index in [1.807, 2.05) is 6.07 Å². The minimum atomic E-state index is -0.392.